The molecule has 1 heterocycles. The first-order valence-electron chi connectivity index (χ1n) is 4.50. The number of hydrogen-bond donors (Lipinski definition) is 1. The second-order valence-electron chi connectivity index (χ2n) is 3.19. The van der Waals surface area contributed by atoms with Gasteiger partial charge < -0.3 is 5.73 Å². The van der Waals surface area contributed by atoms with E-state index in [1.165, 1.54) is 23.9 Å². The Morgan fingerprint density at radius 3 is 2.53 bits per heavy atom. The average molecular weight is 223 g/mol. The van der Waals surface area contributed by atoms with E-state index in [4.69, 9.17) is 5.73 Å². The van der Waals surface area contributed by atoms with Gasteiger partial charge in [-0.25, -0.2) is 4.39 Å². The van der Waals surface area contributed by atoms with Crippen molar-refractivity contribution in [3.05, 3.63) is 35.6 Å². The molecule has 0 aliphatic carbocycles. The zero-order chi connectivity index (χ0) is 10.8. The second-order valence-corrected chi connectivity index (χ2v) is 4.55. The number of nitrogens with two attached hydrogens (primary N) is 1. The van der Waals surface area contributed by atoms with Crippen LogP contribution < -0.4 is 5.73 Å². The molecule has 0 saturated heterocycles. The maximum Gasteiger partial charge on any atom is 0.181 e. The van der Waals surface area contributed by atoms with Crippen molar-refractivity contribution in [1.82, 2.24) is 0 Å². The van der Waals surface area contributed by atoms with E-state index in [1.54, 1.807) is 12.1 Å². The highest BCUT2D eigenvalue weighted by Gasteiger charge is 2.18. The first kappa shape index (κ1) is 10.2. The molecule has 0 saturated carbocycles. The van der Waals surface area contributed by atoms with Gasteiger partial charge in [-0.3, -0.25) is 0 Å². The quantitative estimate of drug-likeness (QED) is 0.791. The van der Waals surface area contributed by atoms with Crippen LogP contribution in [0.2, 0.25) is 0 Å². The van der Waals surface area contributed by atoms with Gasteiger partial charge in [-0.1, -0.05) is 23.9 Å². The average Bonchev–Trinajstić information content (AvgIpc) is 2.20. The number of benzene rings is 1. The summed E-state index contributed by atoms with van der Waals surface area (Å²) >= 11 is 1.45. The van der Waals surface area contributed by atoms with Gasteiger partial charge in [-0.2, -0.15) is 5.10 Å². The smallest absolute Gasteiger partial charge is 0.181 e. The Bertz CT molecular complexity index is 425. The molecule has 1 atom stereocenters. The Morgan fingerprint density at radius 1 is 1.27 bits per heavy atom. The molecule has 1 unspecified atom stereocenters. The number of amidine groups is 1. The zero-order valence-electron chi connectivity index (χ0n) is 8.14. The fraction of sp³-hybridized carbons (Fsp3) is 0.200. The first-order chi connectivity index (χ1) is 7.16. The van der Waals surface area contributed by atoms with Crippen LogP contribution in [0.3, 0.4) is 0 Å². The van der Waals surface area contributed by atoms with Crippen molar-refractivity contribution >= 4 is 22.6 Å². The molecule has 0 amide bonds. The molecular formula is C10H10FN3S. The summed E-state index contributed by atoms with van der Waals surface area (Å²) in [5.41, 5.74) is 7.25. The van der Waals surface area contributed by atoms with Gasteiger partial charge in [-0.05, 0) is 24.6 Å². The molecule has 1 aromatic carbocycles. The lowest BCUT2D eigenvalue weighted by atomic mass is 10.1. The van der Waals surface area contributed by atoms with Crippen LogP contribution in [-0.2, 0) is 0 Å². The number of halogens is 1. The second kappa shape index (κ2) is 4.02. The van der Waals surface area contributed by atoms with Crippen LogP contribution in [-0.4, -0.2) is 16.1 Å². The van der Waals surface area contributed by atoms with Gasteiger partial charge in [0.1, 0.15) is 5.82 Å². The maximum atomic E-state index is 12.7. The van der Waals surface area contributed by atoms with Crippen LogP contribution in [0.25, 0.3) is 0 Å². The number of thioether (sulfide) groups is 1. The van der Waals surface area contributed by atoms with Gasteiger partial charge in [0, 0.05) is 0 Å². The molecule has 0 radical (unpaired) electrons. The third-order valence-corrected chi connectivity index (χ3v) is 2.98. The highest BCUT2D eigenvalue weighted by atomic mass is 32.2. The Labute approximate surface area is 91.3 Å². The lowest BCUT2D eigenvalue weighted by molar-refractivity contribution is 0.627. The topological polar surface area (TPSA) is 50.7 Å². The summed E-state index contributed by atoms with van der Waals surface area (Å²) in [6.45, 7) is 1.99. The lowest BCUT2D eigenvalue weighted by Crippen LogP contribution is -2.23. The van der Waals surface area contributed by atoms with E-state index in [-0.39, 0.29) is 11.1 Å². The van der Waals surface area contributed by atoms with Gasteiger partial charge >= 0.3 is 0 Å². The number of hydrogen-bond acceptors (Lipinski definition) is 4. The molecule has 0 aromatic heterocycles. The summed E-state index contributed by atoms with van der Waals surface area (Å²) in [4.78, 5) is 0. The molecule has 1 aliphatic rings. The van der Waals surface area contributed by atoms with E-state index in [0.717, 1.165) is 11.3 Å². The van der Waals surface area contributed by atoms with Crippen LogP contribution in [0.5, 0.6) is 0 Å². The van der Waals surface area contributed by atoms with E-state index in [1.807, 2.05) is 6.92 Å². The fourth-order valence-corrected chi connectivity index (χ4v) is 2.10. The summed E-state index contributed by atoms with van der Waals surface area (Å²) in [6, 6.07) is 6.22. The predicted octanol–water partition coefficient (Wildman–Crippen LogP) is 1.98. The van der Waals surface area contributed by atoms with Crippen LogP contribution in [0.1, 0.15) is 12.5 Å². The SMILES string of the molecule is CC1SC(N)=NN=C1c1ccc(F)cc1. The maximum absolute atomic E-state index is 12.7. The minimum absolute atomic E-state index is 0.146. The highest BCUT2D eigenvalue weighted by Crippen LogP contribution is 2.21. The van der Waals surface area contributed by atoms with Crippen molar-refractivity contribution in [1.29, 1.82) is 0 Å². The Kier molecular flexibility index (Phi) is 2.73. The Hall–Kier alpha value is -1.36. The van der Waals surface area contributed by atoms with Crippen molar-refractivity contribution in [3.8, 4) is 0 Å². The molecule has 0 bridgehead atoms. The zero-order valence-corrected chi connectivity index (χ0v) is 8.96. The van der Waals surface area contributed by atoms with Crippen molar-refractivity contribution in [3.63, 3.8) is 0 Å². The Balaban J connectivity index is 2.35. The largest absolute Gasteiger partial charge is 0.377 e. The first-order valence-corrected chi connectivity index (χ1v) is 5.38. The number of nitrogens with zero attached hydrogens (tertiary/aromatic N) is 2. The van der Waals surface area contributed by atoms with Gasteiger partial charge in [0.15, 0.2) is 5.17 Å². The third kappa shape index (κ3) is 2.18. The third-order valence-electron chi connectivity index (χ3n) is 2.08. The lowest BCUT2D eigenvalue weighted by Gasteiger charge is -2.16. The van der Waals surface area contributed by atoms with Crippen molar-refractivity contribution < 1.29 is 4.39 Å². The monoisotopic (exact) mass is 223 g/mol. The van der Waals surface area contributed by atoms with Crippen molar-refractivity contribution in [2.45, 2.75) is 12.2 Å². The molecule has 5 heteroatoms. The molecule has 0 fully saturated rings. The van der Waals surface area contributed by atoms with E-state index in [0.29, 0.717) is 5.17 Å². The van der Waals surface area contributed by atoms with Crippen LogP contribution in [0.4, 0.5) is 4.39 Å². The van der Waals surface area contributed by atoms with Crippen LogP contribution in [0, 0.1) is 5.82 Å². The van der Waals surface area contributed by atoms with E-state index in [2.05, 4.69) is 10.2 Å². The molecule has 0 spiro atoms. The van der Waals surface area contributed by atoms with Gasteiger partial charge in [0.05, 0.1) is 11.0 Å². The molecule has 1 aliphatic heterocycles. The molecule has 2 rings (SSSR count). The number of rotatable bonds is 1. The van der Waals surface area contributed by atoms with Crippen LogP contribution >= 0.6 is 11.8 Å². The molecule has 1 aromatic rings. The Morgan fingerprint density at radius 2 is 1.93 bits per heavy atom. The summed E-state index contributed by atoms with van der Waals surface area (Å²) in [5.74, 6) is -0.251. The summed E-state index contributed by atoms with van der Waals surface area (Å²) in [7, 11) is 0. The summed E-state index contributed by atoms with van der Waals surface area (Å²) < 4.78 is 12.7. The van der Waals surface area contributed by atoms with Crippen molar-refractivity contribution in [2.75, 3.05) is 0 Å². The van der Waals surface area contributed by atoms with E-state index >= 15 is 0 Å². The standard InChI is InChI=1S/C10H10FN3S/c1-6-9(13-14-10(12)15-6)7-2-4-8(11)5-3-7/h2-6H,1H3,(H2,12,14). The van der Waals surface area contributed by atoms with E-state index in [9.17, 15) is 4.39 Å². The van der Waals surface area contributed by atoms with Crippen molar-refractivity contribution in [2.24, 2.45) is 15.9 Å². The molecular weight excluding hydrogens is 213 g/mol. The minimum atomic E-state index is -0.251. The van der Waals surface area contributed by atoms with Gasteiger partial charge in [0.2, 0.25) is 0 Å². The molecule has 15 heavy (non-hydrogen) atoms. The summed E-state index contributed by atoms with van der Waals surface area (Å²) in [6.07, 6.45) is 0. The predicted molar refractivity (Wildman–Crippen MR) is 61.6 cm³/mol. The minimum Gasteiger partial charge on any atom is -0.377 e. The van der Waals surface area contributed by atoms with Gasteiger partial charge in [-0.15, -0.1) is 5.10 Å². The normalized spacial score (nSPS) is 20.8. The fourth-order valence-electron chi connectivity index (χ4n) is 1.36. The summed E-state index contributed by atoms with van der Waals surface area (Å²) in [5, 5.41) is 8.45. The van der Waals surface area contributed by atoms with E-state index < -0.39 is 0 Å². The highest BCUT2D eigenvalue weighted by molar-refractivity contribution is 8.15. The molecule has 3 nitrogen and oxygen atoms in total. The molecule has 78 valence electrons. The van der Waals surface area contributed by atoms with Gasteiger partial charge in [0.25, 0.3) is 0 Å². The van der Waals surface area contributed by atoms with Crippen LogP contribution in [0.15, 0.2) is 34.5 Å². The molecule has 2 N–H and O–H groups in total.